The fourth-order valence-electron chi connectivity index (χ4n) is 1.90. The molecule has 6 nitrogen and oxygen atoms in total. The molecule has 0 fully saturated rings. The Morgan fingerprint density at radius 3 is 2.70 bits per heavy atom. The highest BCUT2D eigenvalue weighted by atomic mass is 32.2. The van der Waals surface area contributed by atoms with E-state index < -0.39 is 10.0 Å². The van der Waals surface area contributed by atoms with Gasteiger partial charge in [-0.3, -0.25) is 5.10 Å². The van der Waals surface area contributed by atoms with Gasteiger partial charge in [0.15, 0.2) is 0 Å². The van der Waals surface area contributed by atoms with E-state index in [1.54, 1.807) is 25.7 Å². The molecule has 0 saturated carbocycles. The van der Waals surface area contributed by atoms with Crippen LogP contribution in [0.15, 0.2) is 4.90 Å². The minimum absolute atomic E-state index is 0.0590. The van der Waals surface area contributed by atoms with Crippen LogP contribution in [0, 0.1) is 6.92 Å². The lowest BCUT2D eigenvalue weighted by atomic mass is 10.3. The molecule has 0 aliphatic rings. The minimum atomic E-state index is -3.52. The summed E-state index contributed by atoms with van der Waals surface area (Å²) in [6.07, 6.45) is 1.97. The summed E-state index contributed by atoms with van der Waals surface area (Å²) in [4.78, 5) is 0.300. The van der Waals surface area contributed by atoms with Gasteiger partial charge in [0.05, 0.1) is 11.4 Å². The van der Waals surface area contributed by atoms with Crippen LogP contribution >= 0.6 is 11.8 Å². The van der Waals surface area contributed by atoms with E-state index in [9.17, 15) is 8.42 Å². The van der Waals surface area contributed by atoms with Gasteiger partial charge in [-0.2, -0.15) is 21.2 Å². The maximum Gasteiger partial charge on any atom is 0.246 e. The van der Waals surface area contributed by atoms with Crippen LogP contribution in [0.4, 0.5) is 0 Å². The Labute approximate surface area is 125 Å². The van der Waals surface area contributed by atoms with Gasteiger partial charge >= 0.3 is 0 Å². The Balaban J connectivity index is 3.11. The standard InChI is InChI=1S/C12H24N4O2S2/c1-6-13-7-11-12(10(3)14-15-11)20(17,18)16(4)9(2)8-19-5/h9,13H,6-8H2,1-5H3,(H,14,15). The lowest BCUT2D eigenvalue weighted by Gasteiger charge is -2.24. The molecule has 20 heavy (non-hydrogen) atoms. The first-order valence-corrected chi connectivity index (χ1v) is 9.41. The summed E-state index contributed by atoms with van der Waals surface area (Å²) in [6.45, 7) is 6.83. The molecule has 1 rings (SSSR count). The molecule has 1 heterocycles. The molecule has 0 bridgehead atoms. The van der Waals surface area contributed by atoms with Crippen molar-refractivity contribution in [2.24, 2.45) is 0 Å². The third kappa shape index (κ3) is 3.75. The maximum atomic E-state index is 12.7. The van der Waals surface area contributed by atoms with Crippen molar-refractivity contribution in [1.29, 1.82) is 0 Å². The summed E-state index contributed by atoms with van der Waals surface area (Å²) in [7, 11) is -1.90. The highest BCUT2D eigenvalue weighted by molar-refractivity contribution is 7.98. The summed E-state index contributed by atoms with van der Waals surface area (Å²) >= 11 is 1.63. The first-order valence-electron chi connectivity index (χ1n) is 6.57. The summed E-state index contributed by atoms with van der Waals surface area (Å²) < 4.78 is 26.9. The van der Waals surface area contributed by atoms with Gasteiger partial charge in [-0.15, -0.1) is 0 Å². The molecule has 0 aliphatic carbocycles. The first-order chi connectivity index (χ1) is 9.36. The van der Waals surface area contributed by atoms with E-state index in [1.165, 1.54) is 4.31 Å². The second-order valence-corrected chi connectivity index (χ2v) is 7.58. The van der Waals surface area contributed by atoms with Crippen molar-refractivity contribution in [2.45, 2.75) is 38.3 Å². The molecule has 2 N–H and O–H groups in total. The van der Waals surface area contributed by atoms with E-state index in [0.29, 0.717) is 22.8 Å². The fraction of sp³-hybridized carbons (Fsp3) is 0.750. The second kappa shape index (κ2) is 7.44. The van der Waals surface area contributed by atoms with Crippen LogP contribution in [0.25, 0.3) is 0 Å². The molecule has 1 atom stereocenters. The Morgan fingerprint density at radius 2 is 2.15 bits per heavy atom. The average Bonchev–Trinajstić information content (AvgIpc) is 2.77. The van der Waals surface area contributed by atoms with E-state index in [-0.39, 0.29) is 6.04 Å². The number of aromatic nitrogens is 2. The van der Waals surface area contributed by atoms with Crippen molar-refractivity contribution in [3.8, 4) is 0 Å². The van der Waals surface area contributed by atoms with Crippen molar-refractivity contribution in [2.75, 3.05) is 25.6 Å². The van der Waals surface area contributed by atoms with Gasteiger partial charge in [-0.1, -0.05) is 6.92 Å². The molecule has 1 unspecified atom stereocenters. The van der Waals surface area contributed by atoms with Crippen molar-refractivity contribution < 1.29 is 8.42 Å². The molecule has 116 valence electrons. The van der Waals surface area contributed by atoms with Crippen molar-refractivity contribution in [3.63, 3.8) is 0 Å². The number of aromatic amines is 1. The van der Waals surface area contributed by atoms with E-state index in [0.717, 1.165) is 12.3 Å². The number of sulfonamides is 1. The van der Waals surface area contributed by atoms with Gasteiger partial charge in [0.2, 0.25) is 10.0 Å². The van der Waals surface area contributed by atoms with Crippen molar-refractivity contribution in [1.82, 2.24) is 19.8 Å². The van der Waals surface area contributed by atoms with Crippen LogP contribution in [0.2, 0.25) is 0 Å². The zero-order valence-electron chi connectivity index (χ0n) is 12.7. The Hall–Kier alpha value is -0.570. The van der Waals surface area contributed by atoms with Crippen LogP contribution in [0.5, 0.6) is 0 Å². The Kier molecular flexibility index (Phi) is 6.50. The topological polar surface area (TPSA) is 78.1 Å². The largest absolute Gasteiger partial charge is 0.311 e. The first kappa shape index (κ1) is 17.5. The van der Waals surface area contributed by atoms with Crippen LogP contribution < -0.4 is 5.32 Å². The number of aryl methyl sites for hydroxylation is 1. The highest BCUT2D eigenvalue weighted by Crippen LogP contribution is 2.23. The van der Waals surface area contributed by atoms with E-state index in [2.05, 4.69) is 15.5 Å². The zero-order valence-corrected chi connectivity index (χ0v) is 14.4. The number of rotatable bonds is 8. The summed E-state index contributed by atoms with van der Waals surface area (Å²) in [5.74, 6) is 0.759. The van der Waals surface area contributed by atoms with Gasteiger partial charge in [0.1, 0.15) is 4.90 Å². The molecule has 0 radical (unpaired) electrons. The predicted molar refractivity (Wildman–Crippen MR) is 83.5 cm³/mol. The lowest BCUT2D eigenvalue weighted by Crippen LogP contribution is -2.37. The molecule has 0 amide bonds. The van der Waals surface area contributed by atoms with Crippen LogP contribution in [0.3, 0.4) is 0 Å². The molecule has 8 heteroatoms. The average molecular weight is 320 g/mol. The van der Waals surface area contributed by atoms with Crippen LogP contribution in [-0.2, 0) is 16.6 Å². The number of hydrogen-bond donors (Lipinski definition) is 2. The monoisotopic (exact) mass is 320 g/mol. The molecular weight excluding hydrogens is 296 g/mol. The quantitative estimate of drug-likeness (QED) is 0.752. The maximum absolute atomic E-state index is 12.7. The molecule has 0 aliphatic heterocycles. The van der Waals surface area contributed by atoms with E-state index >= 15 is 0 Å². The van der Waals surface area contributed by atoms with Gasteiger partial charge in [0.25, 0.3) is 0 Å². The van der Waals surface area contributed by atoms with Crippen LogP contribution in [-0.4, -0.2) is 54.6 Å². The predicted octanol–water partition coefficient (Wildman–Crippen LogP) is 1.20. The van der Waals surface area contributed by atoms with Gasteiger partial charge in [-0.05, 0) is 26.6 Å². The summed E-state index contributed by atoms with van der Waals surface area (Å²) in [5, 5.41) is 10.00. The van der Waals surface area contributed by atoms with E-state index in [4.69, 9.17) is 0 Å². The third-order valence-corrected chi connectivity index (χ3v) is 6.16. The number of nitrogens with one attached hydrogen (secondary N) is 2. The van der Waals surface area contributed by atoms with Gasteiger partial charge in [0, 0.05) is 25.4 Å². The number of thioether (sulfide) groups is 1. The molecule has 0 aromatic carbocycles. The zero-order chi connectivity index (χ0) is 15.3. The molecule has 1 aromatic heterocycles. The lowest BCUT2D eigenvalue weighted by molar-refractivity contribution is 0.414. The molecule has 0 spiro atoms. The number of hydrogen-bond acceptors (Lipinski definition) is 5. The molecular formula is C12H24N4O2S2. The smallest absolute Gasteiger partial charge is 0.246 e. The van der Waals surface area contributed by atoms with Crippen LogP contribution in [0.1, 0.15) is 25.2 Å². The normalized spacial score (nSPS) is 13.9. The molecule has 0 saturated heterocycles. The number of H-pyrrole nitrogens is 1. The summed E-state index contributed by atoms with van der Waals surface area (Å²) in [6, 6.07) is -0.0590. The van der Waals surface area contributed by atoms with Gasteiger partial charge < -0.3 is 5.32 Å². The highest BCUT2D eigenvalue weighted by Gasteiger charge is 2.30. The Morgan fingerprint density at radius 1 is 1.50 bits per heavy atom. The van der Waals surface area contributed by atoms with Crippen molar-refractivity contribution >= 4 is 21.8 Å². The summed E-state index contributed by atoms with van der Waals surface area (Å²) in [5.41, 5.74) is 1.13. The third-order valence-electron chi connectivity index (χ3n) is 3.17. The van der Waals surface area contributed by atoms with Crippen molar-refractivity contribution in [3.05, 3.63) is 11.4 Å². The molecule has 1 aromatic rings. The fourth-order valence-corrected chi connectivity index (χ4v) is 4.39. The SMILES string of the molecule is CCNCc1n[nH]c(C)c1S(=O)(=O)N(C)C(C)CSC. The second-order valence-electron chi connectivity index (χ2n) is 4.73. The number of nitrogens with zero attached hydrogens (tertiary/aromatic N) is 2. The Bertz CT molecular complexity index is 528. The van der Waals surface area contributed by atoms with Gasteiger partial charge in [-0.25, -0.2) is 8.42 Å². The minimum Gasteiger partial charge on any atom is -0.311 e. The van der Waals surface area contributed by atoms with E-state index in [1.807, 2.05) is 20.1 Å².